The van der Waals surface area contributed by atoms with E-state index in [1.54, 1.807) is 30.3 Å². The summed E-state index contributed by atoms with van der Waals surface area (Å²) in [6.07, 6.45) is -0.215. The van der Waals surface area contributed by atoms with Gasteiger partial charge < -0.3 is 0 Å². The van der Waals surface area contributed by atoms with E-state index in [4.69, 9.17) is 0 Å². The van der Waals surface area contributed by atoms with Crippen LogP contribution in [0, 0.1) is 30.3 Å². The molecular weight excluding hydrogens is 258 g/mol. The summed E-state index contributed by atoms with van der Waals surface area (Å²) in [5.74, 6) is 0. The van der Waals surface area contributed by atoms with Gasteiger partial charge in [0, 0.05) is 21.2 Å². The van der Waals surface area contributed by atoms with Crippen molar-refractivity contribution in [1.82, 2.24) is 0 Å². The Bertz CT molecular complexity index is 477. The summed E-state index contributed by atoms with van der Waals surface area (Å²) in [5.41, 5.74) is 0.527. The minimum Gasteiger partial charge on any atom is -0.264 e. The number of nitrogens with zero attached hydrogens (tertiary/aromatic N) is 3. The molecule has 2 atom stereocenters. The highest BCUT2D eigenvalue weighted by molar-refractivity contribution is 5.15. The smallest absolute Gasteiger partial charge is 0.264 e. The molecule has 2 unspecified atom stereocenters. The van der Waals surface area contributed by atoms with Crippen LogP contribution in [0.25, 0.3) is 0 Å². The van der Waals surface area contributed by atoms with Gasteiger partial charge >= 0.3 is 6.04 Å². The maximum atomic E-state index is 10.9. The molecule has 0 radical (unpaired) electrons. The highest BCUT2D eigenvalue weighted by Crippen LogP contribution is 2.11. The van der Waals surface area contributed by atoms with Gasteiger partial charge in [0.2, 0.25) is 0 Å². The Balaban J connectivity index is 2.94. The zero-order valence-electron chi connectivity index (χ0n) is 9.75. The standard InChI is InChI=1S/C10H11N3O6/c14-11(15)7-10(13(18)19)9(12(16)17)6-8-4-2-1-3-5-8/h1-5,9-10H,6-7H2. The largest absolute Gasteiger partial charge is 0.341 e. The van der Waals surface area contributed by atoms with E-state index in [0.717, 1.165) is 0 Å². The summed E-state index contributed by atoms with van der Waals surface area (Å²) < 4.78 is 0. The second kappa shape index (κ2) is 6.38. The number of benzene rings is 1. The van der Waals surface area contributed by atoms with Crippen LogP contribution in [0.5, 0.6) is 0 Å². The predicted octanol–water partition coefficient (Wildman–Crippen LogP) is 0.796. The van der Waals surface area contributed by atoms with Crippen molar-refractivity contribution in [3.63, 3.8) is 0 Å². The Kier molecular flexibility index (Phi) is 4.86. The first-order valence-corrected chi connectivity index (χ1v) is 5.34. The first-order valence-electron chi connectivity index (χ1n) is 5.34. The molecule has 0 amide bonds. The van der Waals surface area contributed by atoms with E-state index in [1.165, 1.54) is 0 Å². The third-order valence-corrected chi connectivity index (χ3v) is 2.61. The fraction of sp³-hybridized carbons (Fsp3) is 0.400. The van der Waals surface area contributed by atoms with Crippen LogP contribution in [-0.4, -0.2) is 33.4 Å². The van der Waals surface area contributed by atoms with Crippen LogP contribution < -0.4 is 0 Å². The lowest BCUT2D eigenvalue weighted by Gasteiger charge is -2.11. The van der Waals surface area contributed by atoms with Crippen LogP contribution in [0.4, 0.5) is 0 Å². The summed E-state index contributed by atoms with van der Waals surface area (Å²) in [6, 6.07) is 4.68. The predicted molar refractivity (Wildman–Crippen MR) is 63.6 cm³/mol. The molecule has 0 heterocycles. The Morgan fingerprint density at radius 3 is 1.84 bits per heavy atom. The van der Waals surface area contributed by atoms with Gasteiger partial charge in [-0.15, -0.1) is 0 Å². The molecule has 9 heteroatoms. The summed E-state index contributed by atoms with van der Waals surface area (Å²) in [4.78, 5) is 29.4. The van der Waals surface area contributed by atoms with E-state index >= 15 is 0 Å². The molecule has 9 nitrogen and oxygen atoms in total. The van der Waals surface area contributed by atoms with Crippen molar-refractivity contribution in [3.8, 4) is 0 Å². The van der Waals surface area contributed by atoms with Crippen LogP contribution in [-0.2, 0) is 6.42 Å². The monoisotopic (exact) mass is 269 g/mol. The maximum Gasteiger partial charge on any atom is 0.341 e. The molecule has 0 N–H and O–H groups in total. The lowest BCUT2D eigenvalue weighted by molar-refractivity contribution is -0.648. The zero-order valence-corrected chi connectivity index (χ0v) is 9.75. The summed E-state index contributed by atoms with van der Waals surface area (Å²) in [6.45, 7) is -1.06. The van der Waals surface area contributed by atoms with Crippen LogP contribution in [0.15, 0.2) is 30.3 Å². The molecule has 0 saturated carbocycles. The highest BCUT2D eigenvalue weighted by Gasteiger charge is 2.44. The molecule has 102 valence electrons. The van der Waals surface area contributed by atoms with Gasteiger partial charge in [0.1, 0.15) is 0 Å². The lowest BCUT2D eigenvalue weighted by Crippen LogP contribution is -2.45. The Labute approximate surface area is 107 Å². The molecule has 0 saturated heterocycles. The number of rotatable bonds is 7. The number of hydrogen-bond acceptors (Lipinski definition) is 6. The van der Waals surface area contributed by atoms with Crippen molar-refractivity contribution < 1.29 is 14.8 Å². The molecule has 19 heavy (non-hydrogen) atoms. The molecule has 0 spiro atoms. The van der Waals surface area contributed by atoms with E-state index in [9.17, 15) is 30.3 Å². The molecule has 0 aliphatic carbocycles. The van der Waals surface area contributed by atoms with E-state index in [2.05, 4.69) is 0 Å². The SMILES string of the molecule is O=[N+]([O-])CC(C(Cc1ccccc1)[N+](=O)[O-])[N+](=O)[O-]. The van der Waals surface area contributed by atoms with Gasteiger partial charge in [0.05, 0.1) is 0 Å². The van der Waals surface area contributed by atoms with Crippen LogP contribution in [0.2, 0.25) is 0 Å². The van der Waals surface area contributed by atoms with E-state index in [0.29, 0.717) is 5.56 Å². The highest BCUT2D eigenvalue weighted by atomic mass is 16.7. The van der Waals surface area contributed by atoms with Crippen molar-refractivity contribution in [3.05, 3.63) is 66.2 Å². The van der Waals surface area contributed by atoms with Crippen molar-refractivity contribution in [1.29, 1.82) is 0 Å². The molecular formula is C10H11N3O6. The second-order valence-corrected chi connectivity index (χ2v) is 3.91. The molecule has 1 rings (SSSR count). The lowest BCUT2D eigenvalue weighted by atomic mass is 10.0. The Morgan fingerprint density at radius 2 is 1.42 bits per heavy atom. The van der Waals surface area contributed by atoms with E-state index in [-0.39, 0.29) is 6.42 Å². The second-order valence-electron chi connectivity index (χ2n) is 3.91. The molecule has 1 aromatic carbocycles. The third-order valence-electron chi connectivity index (χ3n) is 2.61. The van der Waals surface area contributed by atoms with Gasteiger partial charge in [-0.3, -0.25) is 30.3 Å². The van der Waals surface area contributed by atoms with Gasteiger partial charge in [-0.2, -0.15) is 0 Å². The Hall–Kier alpha value is -2.58. The maximum absolute atomic E-state index is 10.9. The number of hydrogen-bond donors (Lipinski definition) is 0. The van der Waals surface area contributed by atoms with Crippen LogP contribution in [0.3, 0.4) is 0 Å². The van der Waals surface area contributed by atoms with Crippen LogP contribution >= 0.6 is 0 Å². The average Bonchev–Trinajstić information content (AvgIpc) is 2.34. The van der Waals surface area contributed by atoms with Gasteiger partial charge in [-0.1, -0.05) is 30.3 Å². The number of nitro groups is 3. The molecule has 0 aliphatic heterocycles. The minimum atomic E-state index is -1.84. The molecule has 0 aromatic heterocycles. The quantitative estimate of drug-likeness (QED) is 0.531. The van der Waals surface area contributed by atoms with Gasteiger partial charge in [0.15, 0.2) is 0 Å². The summed E-state index contributed by atoms with van der Waals surface area (Å²) >= 11 is 0. The van der Waals surface area contributed by atoms with Gasteiger partial charge in [-0.05, 0) is 5.56 Å². The van der Waals surface area contributed by atoms with E-state index in [1.807, 2.05) is 0 Å². The summed E-state index contributed by atoms with van der Waals surface area (Å²) in [5, 5.41) is 32.0. The third kappa shape index (κ3) is 4.30. The van der Waals surface area contributed by atoms with Crippen molar-refractivity contribution in [2.45, 2.75) is 18.5 Å². The first kappa shape index (κ1) is 14.5. The molecule has 0 fully saturated rings. The molecule has 0 aliphatic rings. The first-order chi connectivity index (χ1) is 8.91. The zero-order chi connectivity index (χ0) is 14.4. The fourth-order valence-electron chi connectivity index (χ4n) is 1.69. The topological polar surface area (TPSA) is 129 Å². The summed E-state index contributed by atoms with van der Waals surface area (Å²) in [7, 11) is 0. The van der Waals surface area contributed by atoms with Crippen LogP contribution in [0.1, 0.15) is 5.56 Å². The van der Waals surface area contributed by atoms with E-state index < -0.39 is 33.4 Å². The van der Waals surface area contributed by atoms with Gasteiger partial charge in [0.25, 0.3) is 12.6 Å². The van der Waals surface area contributed by atoms with Gasteiger partial charge in [-0.25, -0.2) is 0 Å². The fourth-order valence-corrected chi connectivity index (χ4v) is 1.69. The molecule has 0 bridgehead atoms. The Morgan fingerprint density at radius 1 is 0.895 bits per heavy atom. The van der Waals surface area contributed by atoms with Crippen molar-refractivity contribution in [2.24, 2.45) is 0 Å². The van der Waals surface area contributed by atoms with Crippen molar-refractivity contribution >= 4 is 0 Å². The van der Waals surface area contributed by atoms with Crippen molar-refractivity contribution in [2.75, 3.05) is 6.54 Å². The minimum absolute atomic E-state index is 0.215. The molecule has 1 aromatic rings. The normalized spacial score (nSPS) is 13.5. The average molecular weight is 269 g/mol.